The van der Waals surface area contributed by atoms with Crippen molar-refractivity contribution in [2.45, 2.75) is 6.18 Å². The third kappa shape index (κ3) is 4.15. The van der Waals surface area contributed by atoms with Crippen molar-refractivity contribution in [1.29, 1.82) is 0 Å². The first-order valence-electron chi connectivity index (χ1n) is 6.12. The minimum absolute atomic E-state index is 0.183. The molecule has 2 aromatic carbocycles. The summed E-state index contributed by atoms with van der Waals surface area (Å²) >= 11 is 0. The average Bonchev–Trinajstić information content (AvgIpc) is 2.47. The molecule has 0 radical (unpaired) electrons. The number of carbonyl (C=O) groups is 1. The van der Waals surface area contributed by atoms with E-state index in [2.05, 4.69) is 10.5 Å². The molecule has 0 saturated carbocycles. The molecule has 7 heteroatoms. The molecule has 0 aliphatic heterocycles. The molecule has 0 bridgehead atoms. The van der Waals surface area contributed by atoms with Crippen molar-refractivity contribution < 1.29 is 22.4 Å². The number of benzene rings is 2. The number of carbonyl (C=O) groups excluding carboxylic acids is 1. The summed E-state index contributed by atoms with van der Waals surface area (Å²) in [6.45, 7) is 0. The fraction of sp³-hybridized carbons (Fsp3) is 0.0667. The molecule has 2 rings (SSSR count). The van der Waals surface area contributed by atoms with Gasteiger partial charge in [-0.2, -0.15) is 18.3 Å². The second-order valence-electron chi connectivity index (χ2n) is 4.33. The third-order valence-corrected chi connectivity index (χ3v) is 2.70. The van der Waals surface area contributed by atoms with Gasteiger partial charge in [0.1, 0.15) is 5.82 Å². The number of nitrogens with one attached hydrogen (secondary N) is 1. The highest BCUT2D eigenvalue weighted by atomic mass is 19.4. The zero-order valence-corrected chi connectivity index (χ0v) is 11.1. The molecule has 0 aliphatic carbocycles. The molecule has 0 aliphatic rings. The molecule has 22 heavy (non-hydrogen) atoms. The van der Waals surface area contributed by atoms with Crippen LogP contribution in [-0.4, -0.2) is 12.1 Å². The molecule has 0 unspecified atom stereocenters. The van der Waals surface area contributed by atoms with Crippen LogP contribution >= 0.6 is 0 Å². The molecule has 2 aromatic rings. The van der Waals surface area contributed by atoms with Gasteiger partial charge in [-0.3, -0.25) is 4.79 Å². The highest BCUT2D eigenvalue weighted by Gasteiger charge is 2.30. The average molecular weight is 310 g/mol. The maximum atomic E-state index is 12.7. The van der Waals surface area contributed by atoms with Crippen molar-refractivity contribution in [2.24, 2.45) is 5.10 Å². The van der Waals surface area contributed by atoms with Gasteiger partial charge in [-0.1, -0.05) is 12.1 Å². The van der Waals surface area contributed by atoms with Gasteiger partial charge in [-0.15, -0.1) is 0 Å². The predicted molar refractivity (Wildman–Crippen MR) is 72.9 cm³/mol. The fourth-order valence-electron chi connectivity index (χ4n) is 1.63. The lowest BCUT2D eigenvalue weighted by Gasteiger charge is -2.06. The van der Waals surface area contributed by atoms with Crippen molar-refractivity contribution >= 4 is 12.1 Å². The van der Waals surface area contributed by atoms with Crippen molar-refractivity contribution in [3.05, 3.63) is 71.0 Å². The molecule has 114 valence electrons. The fourth-order valence-corrected chi connectivity index (χ4v) is 1.63. The van der Waals surface area contributed by atoms with Crippen LogP contribution in [0.15, 0.2) is 53.6 Å². The second-order valence-corrected chi connectivity index (χ2v) is 4.33. The summed E-state index contributed by atoms with van der Waals surface area (Å²) < 4.78 is 50.3. The smallest absolute Gasteiger partial charge is 0.267 e. The van der Waals surface area contributed by atoms with E-state index in [0.29, 0.717) is 0 Å². The SMILES string of the molecule is O=C(N/N=C/c1cccc(C(F)(F)F)c1)c1ccc(F)cc1. The Hall–Kier alpha value is -2.70. The van der Waals surface area contributed by atoms with Crippen LogP contribution in [-0.2, 0) is 6.18 Å². The summed E-state index contributed by atoms with van der Waals surface area (Å²) in [5.41, 5.74) is 1.72. The van der Waals surface area contributed by atoms with Crippen molar-refractivity contribution in [1.82, 2.24) is 5.43 Å². The van der Waals surface area contributed by atoms with E-state index in [9.17, 15) is 22.4 Å². The molecule has 0 heterocycles. The van der Waals surface area contributed by atoms with Gasteiger partial charge in [0, 0.05) is 5.56 Å². The lowest BCUT2D eigenvalue weighted by atomic mass is 10.1. The van der Waals surface area contributed by atoms with Gasteiger partial charge in [-0.05, 0) is 42.0 Å². The standard InChI is InChI=1S/C15H10F4N2O/c16-13-6-4-11(5-7-13)14(22)21-20-9-10-2-1-3-12(8-10)15(17,18)19/h1-9H,(H,21,22)/b20-9+. The Morgan fingerprint density at radius 2 is 1.77 bits per heavy atom. The van der Waals surface area contributed by atoms with Crippen LogP contribution in [0.4, 0.5) is 17.6 Å². The van der Waals surface area contributed by atoms with Crippen LogP contribution < -0.4 is 5.43 Å². The Kier molecular flexibility index (Phi) is 4.55. The second kappa shape index (κ2) is 6.38. The minimum atomic E-state index is -4.44. The molecular weight excluding hydrogens is 300 g/mol. The quantitative estimate of drug-likeness (QED) is 0.525. The number of halogens is 4. The number of nitrogens with zero attached hydrogens (tertiary/aromatic N) is 1. The molecule has 0 spiro atoms. The number of hydrogen-bond acceptors (Lipinski definition) is 2. The molecule has 0 fully saturated rings. The van der Waals surface area contributed by atoms with Crippen LogP contribution in [0.2, 0.25) is 0 Å². The van der Waals surface area contributed by atoms with Crippen LogP contribution in [0.1, 0.15) is 21.5 Å². The van der Waals surface area contributed by atoms with E-state index in [1.54, 1.807) is 0 Å². The van der Waals surface area contributed by atoms with Gasteiger partial charge in [0.05, 0.1) is 11.8 Å². The topological polar surface area (TPSA) is 41.5 Å². The summed E-state index contributed by atoms with van der Waals surface area (Å²) in [4.78, 5) is 11.6. The van der Waals surface area contributed by atoms with Crippen LogP contribution in [0.25, 0.3) is 0 Å². The van der Waals surface area contributed by atoms with Gasteiger partial charge in [0.15, 0.2) is 0 Å². The van der Waals surface area contributed by atoms with E-state index in [1.807, 2.05) is 0 Å². The number of hydrazone groups is 1. The molecule has 0 aromatic heterocycles. The molecule has 3 nitrogen and oxygen atoms in total. The van der Waals surface area contributed by atoms with Crippen molar-refractivity contribution in [3.63, 3.8) is 0 Å². The monoisotopic (exact) mass is 310 g/mol. The molecular formula is C15H10F4N2O. The van der Waals surface area contributed by atoms with Gasteiger partial charge in [-0.25, -0.2) is 9.82 Å². The summed E-state index contributed by atoms with van der Waals surface area (Å²) in [5, 5.41) is 3.58. The third-order valence-electron chi connectivity index (χ3n) is 2.70. The Morgan fingerprint density at radius 3 is 2.41 bits per heavy atom. The van der Waals surface area contributed by atoms with E-state index in [0.717, 1.165) is 30.5 Å². The lowest BCUT2D eigenvalue weighted by molar-refractivity contribution is -0.137. The predicted octanol–water partition coefficient (Wildman–Crippen LogP) is 3.61. The summed E-state index contributed by atoms with van der Waals surface area (Å²) in [6.07, 6.45) is -3.35. The first-order valence-corrected chi connectivity index (χ1v) is 6.12. The Morgan fingerprint density at radius 1 is 1.09 bits per heavy atom. The van der Waals surface area contributed by atoms with Gasteiger partial charge < -0.3 is 0 Å². The van der Waals surface area contributed by atoms with Gasteiger partial charge >= 0.3 is 6.18 Å². The highest BCUT2D eigenvalue weighted by molar-refractivity contribution is 5.94. The van der Waals surface area contributed by atoms with Crippen LogP contribution in [0.5, 0.6) is 0 Å². The largest absolute Gasteiger partial charge is 0.416 e. The van der Waals surface area contributed by atoms with E-state index in [4.69, 9.17) is 0 Å². The Labute approximate surface area is 123 Å². The number of hydrogen-bond donors (Lipinski definition) is 1. The summed E-state index contributed by atoms with van der Waals surface area (Å²) in [7, 11) is 0. The number of rotatable bonds is 3. The maximum Gasteiger partial charge on any atom is 0.416 e. The normalized spacial score (nSPS) is 11.6. The zero-order chi connectivity index (χ0) is 16.2. The van der Waals surface area contributed by atoms with Crippen LogP contribution in [0, 0.1) is 5.82 Å². The van der Waals surface area contributed by atoms with Crippen molar-refractivity contribution in [3.8, 4) is 0 Å². The Balaban J connectivity index is 2.03. The van der Waals surface area contributed by atoms with E-state index in [-0.39, 0.29) is 11.1 Å². The lowest BCUT2D eigenvalue weighted by Crippen LogP contribution is -2.17. The number of alkyl halides is 3. The first-order chi connectivity index (χ1) is 10.4. The van der Waals surface area contributed by atoms with E-state index >= 15 is 0 Å². The molecule has 1 N–H and O–H groups in total. The first kappa shape index (κ1) is 15.7. The highest BCUT2D eigenvalue weighted by Crippen LogP contribution is 2.29. The maximum absolute atomic E-state index is 12.7. The molecule has 0 saturated heterocycles. The Bertz CT molecular complexity index is 693. The van der Waals surface area contributed by atoms with Gasteiger partial charge in [0.2, 0.25) is 0 Å². The number of amides is 1. The van der Waals surface area contributed by atoms with E-state index < -0.39 is 23.5 Å². The summed E-state index contributed by atoms with van der Waals surface area (Å²) in [6, 6.07) is 9.28. The summed E-state index contributed by atoms with van der Waals surface area (Å²) in [5.74, 6) is -1.08. The zero-order valence-electron chi connectivity index (χ0n) is 11.1. The van der Waals surface area contributed by atoms with Crippen molar-refractivity contribution in [2.75, 3.05) is 0 Å². The van der Waals surface area contributed by atoms with E-state index in [1.165, 1.54) is 24.3 Å². The van der Waals surface area contributed by atoms with Crippen LogP contribution in [0.3, 0.4) is 0 Å². The molecule has 1 amide bonds. The minimum Gasteiger partial charge on any atom is -0.267 e. The van der Waals surface area contributed by atoms with Gasteiger partial charge in [0.25, 0.3) is 5.91 Å². The molecule has 0 atom stereocenters.